The van der Waals surface area contributed by atoms with Crippen LogP contribution in [0.15, 0.2) is 53.9 Å². The third-order valence-electron chi connectivity index (χ3n) is 4.25. The number of allylic oxidation sites excluding steroid dienone is 6. The van der Waals surface area contributed by atoms with Crippen LogP contribution in [0.4, 0.5) is 4.39 Å². The number of nitrogens with one attached hydrogen (secondary N) is 2. The summed E-state index contributed by atoms with van der Waals surface area (Å²) < 4.78 is 15.7. The number of imidazole rings is 1. The van der Waals surface area contributed by atoms with Crippen molar-refractivity contribution in [2.75, 3.05) is 7.05 Å². The highest BCUT2D eigenvalue weighted by Crippen LogP contribution is 2.27. The Morgan fingerprint density at radius 2 is 2.19 bits per heavy atom. The van der Waals surface area contributed by atoms with Crippen LogP contribution in [0.3, 0.4) is 0 Å². The van der Waals surface area contributed by atoms with E-state index in [9.17, 15) is 9.18 Å². The zero-order chi connectivity index (χ0) is 19.6. The molecule has 7 heteroatoms. The van der Waals surface area contributed by atoms with Crippen LogP contribution < -0.4 is 5.32 Å². The third-order valence-corrected chi connectivity index (χ3v) is 4.25. The summed E-state index contributed by atoms with van der Waals surface area (Å²) in [6.07, 6.45) is 7.35. The zero-order valence-electron chi connectivity index (χ0n) is 14.7. The minimum absolute atomic E-state index is 0.0624. The van der Waals surface area contributed by atoms with E-state index in [4.69, 9.17) is 10.7 Å². The highest BCUT2D eigenvalue weighted by molar-refractivity contribution is 6.12. The Hall–Kier alpha value is -3.79. The molecule has 1 aromatic heterocycles. The zero-order valence-corrected chi connectivity index (χ0v) is 14.7. The second kappa shape index (κ2) is 7.22. The number of benzene rings is 1. The monoisotopic (exact) mass is 361 g/mol. The van der Waals surface area contributed by atoms with Gasteiger partial charge < -0.3 is 10.7 Å². The first-order chi connectivity index (χ1) is 13.0. The summed E-state index contributed by atoms with van der Waals surface area (Å²) in [6, 6.07) is 5.96. The van der Waals surface area contributed by atoms with Gasteiger partial charge in [-0.05, 0) is 43.4 Å². The van der Waals surface area contributed by atoms with E-state index in [1.54, 1.807) is 48.2 Å². The largest absolute Gasteiger partial charge is 0.391 e. The first-order valence-corrected chi connectivity index (χ1v) is 8.10. The third kappa shape index (κ3) is 3.33. The van der Waals surface area contributed by atoms with Gasteiger partial charge in [0, 0.05) is 35.8 Å². The molecule has 0 saturated carbocycles. The molecule has 6 nitrogen and oxygen atoms in total. The fraction of sp³-hybridized carbons (Fsp3) is 0.100. The molecule has 0 atom stereocenters. The summed E-state index contributed by atoms with van der Waals surface area (Å²) in [4.78, 5) is 15.5. The molecule has 0 saturated heterocycles. The lowest BCUT2D eigenvalue weighted by Gasteiger charge is -2.16. The first kappa shape index (κ1) is 18.0. The van der Waals surface area contributed by atoms with Crippen molar-refractivity contribution in [1.82, 2.24) is 14.9 Å². The second-order valence-electron chi connectivity index (χ2n) is 5.89. The summed E-state index contributed by atoms with van der Waals surface area (Å²) in [5.41, 5.74) is 3.12. The van der Waals surface area contributed by atoms with Crippen LogP contribution >= 0.6 is 0 Å². The van der Waals surface area contributed by atoms with Gasteiger partial charge in [-0.3, -0.25) is 9.36 Å². The van der Waals surface area contributed by atoms with Gasteiger partial charge >= 0.3 is 0 Å². The lowest BCUT2D eigenvalue weighted by Crippen LogP contribution is -2.13. The van der Waals surface area contributed by atoms with Gasteiger partial charge in [0.25, 0.3) is 0 Å². The molecule has 1 aromatic carbocycles. The Bertz CT molecular complexity index is 1080. The van der Waals surface area contributed by atoms with Crippen molar-refractivity contribution >= 4 is 17.7 Å². The molecule has 2 N–H and O–H groups in total. The van der Waals surface area contributed by atoms with Crippen molar-refractivity contribution in [2.24, 2.45) is 0 Å². The number of nitrogens with zero attached hydrogens (tertiary/aromatic N) is 3. The number of carbonyl (C=O) groups excluding carboxylic acids is 1. The number of nitriles is 1. The van der Waals surface area contributed by atoms with Crippen LogP contribution in [0.5, 0.6) is 0 Å². The fourth-order valence-corrected chi connectivity index (χ4v) is 2.73. The van der Waals surface area contributed by atoms with Gasteiger partial charge in [-0.2, -0.15) is 5.26 Å². The molecule has 0 aliphatic heterocycles. The molecule has 0 unspecified atom stereocenters. The summed E-state index contributed by atoms with van der Waals surface area (Å²) >= 11 is 0. The minimum Gasteiger partial charge on any atom is -0.391 e. The second-order valence-corrected chi connectivity index (χ2v) is 5.89. The highest BCUT2D eigenvalue weighted by Gasteiger charge is 2.17. The summed E-state index contributed by atoms with van der Waals surface area (Å²) in [7, 11) is 1.77. The van der Waals surface area contributed by atoms with Gasteiger partial charge in [0.1, 0.15) is 23.4 Å². The van der Waals surface area contributed by atoms with Crippen LogP contribution in [-0.2, 0) is 0 Å². The normalized spacial score (nSPS) is 15.2. The van der Waals surface area contributed by atoms with Crippen LogP contribution in [0.2, 0.25) is 0 Å². The van der Waals surface area contributed by atoms with Crippen LogP contribution in [-0.4, -0.2) is 28.6 Å². The fourth-order valence-electron chi connectivity index (χ4n) is 2.73. The van der Waals surface area contributed by atoms with Crippen LogP contribution in [0, 0.1) is 22.6 Å². The Morgan fingerprint density at radius 1 is 1.41 bits per heavy atom. The molecule has 1 aliphatic rings. The molecule has 0 radical (unpaired) electrons. The average molecular weight is 361 g/mol. The molecule has 27 heavy (non-hydrogen) atoms. The van der Waals surface area contributed by atoms with E-state index >= 15 is 0 Å². The van der Waals surface area contributed by atoms with Crippen molar-refractivity contribution in [3.63, 3.8) is 0 Å². The predicted octanol–water partition coefficient (Wildman–Crippen LogP) is 3.30. The van der Waals surface area contributed by atoms with Crippen LogP contribution in [0.1, 0.15) is 23.0 Å². The predicted molar refractivity (Wildman–Crippen MR) is 101 cm³/mol. The Balaban J connectivity index is 2.18. The standard InChI is InChI=1S/C20H16FN5O/c1-12(24-2)17-8-16(5-6-19(17)23)26-10-15(11-27)25-20(26)13-3-4-14(9-22)18(21)7-13/h3-8,10-11,23-24H,1-2H3/b17-12-,23-19?. The Labute approximate surface area is 155 Å². The van der Waals surface area contributed by atoms with Crippen molar-refractivity contribution in [3.05, 3.63) is 71.0 Å². The highest BCUT2D eigenvalue weighted by atomic mass is 19.1. The molecule has 1 heterocycles. The molecule has 0 spiro atoms. The number of aldehydes is 1. The lowest BCUT2D eigenvalue weighted by molar-refractivity contribution is 0.111. The molecule has 0 fully saturated rings. The van der Waals surface area contributed by atoms with Gasteiger partial charge in [-0.15, -0.1) is 0 Å². The first-order valence-electron chi connectivity index (χ1n) is 8.10. The summed E-state index contributed by atoms with van der Waals surface area (Å²) in [5.74, 6) is -0.287. The molecule has 2 aromatic rings. The summed E-state index contributed by atoms with van der Waals surface area (Å²) in [5, 5.41) is 20.0. The number of rotatable bonds is 4. The maximum atomic E-state index is 14.1. The van der Waals surface area contributed by atoms with Crippen molar-refractivity contribution in [3.8, 4) is 17.5 Å². The molecule has 134 valence electrons. The van der Waals surface area contributed by atoms with E-state index in [1.807, 2.05) is 6.92 Å². The number of halogens is 1. The maximum Gasteiger partial charge on any atom is 0.170 e. The summed E-state index contributed by atoms with van der Waals surface area (Å²) in [6.45, 7) is 1.86. The quantitative estimate of drug-likeness (QED) is 0.817. The molecule has 3 rings (SSSR count). The SMILES string of the molecule is CN/C(C)=C1/C=C(n2cc(C=O)nc2-c2ccc(C#N)c(F)c2)C=CC1=N. The van der Waals surface area contributed by atoms with Gasteiger partial charge in [0.05, 0.1) is 11.3 Å². The molecular weight excluding hydrogens is 345 g/mol. The van der Waals surface area contributed by atoms with E-state index in [1.165, 1.54) is 12.1 Å². The Kier molecular flexibility index (Phi) is 4.81. The molecule has 1 aliphatic carbocycles. The Morgan fingerprint density at radius 3 is 2.81 bits per heavy atom. The smallest absolute Gasteiger partial charge is 0.170 e. The molecular formula is C20H16FN5O. The van der Waals surface area contributed by atoms with Crippen LogP contribution in [0.25, 0.3) is 17.1 Å². The van der Waals surface area contributed by atoms with E-state index in [2.05, 4.69) is 10.3 Å². The number of hydrogen-bond donors (Lipinski definition) is 2. The number of aromatic nitrogens is 2. The van der Waals surface area contributed by atoms with Crippen molar-refractivity contribution in [1.29, 1.82) is 10.7 Å². The lowest BCUT2D eigenvalue weighted by atomic mass is 10.0. The molecule has 0 bridgehead atoms. The van der Waals surface area contributed by atoms with Crippen molar-refractivity contribution in [2.45, 2.75) is 6.92 Å². The topological polar surface area (TPSA) is 94.6 Å². The van der Waals surface area contributed by atoms with Gasteiger partial charge in [0.15, 0.2) is 6.29 Å². The average Bonchev–Trinajstić information content (AvgIpc) is 3.12. The minimum atomic E-state index is -0.654. The van der Waals surface area contributed by atoms with Gasteiger partial charge in [-0.1, -0.05) is 0 Å². The van der Waals surface area contributed by atoms with E-state index in [-0.39, 0.29) is 11.3 Å². The maximum absolute atomic E-state index is 14.1. The van der Waals surface area contributed by atoms with Gasteiger partial charge in [-0.25, -0.2) is 9.37 Å². The molecule has 0 amide bonds. The van der Waals surface area contributed by atoms with E-state index in [0.717, 1.165) is 5.70 Å². The number of carbonyl (C=O) groups is 1. The van der Waals surface area contributed by atoms with Gasteiger partial charge in [0.2, 0.25) is 0 Å². The van der Waals surface area contributed by atoms with Crippen molar-refractivity contribution < 1.29 is 9.18 Å². The number of hydrogen-bond acceptors (Lipinski definition) is 5. The van der Waals surface area contributed by atoms with E-state index < -0.39 is 5.82 Å². The van der Waals surface area contributed by atoms with E-state index in [0.29, 0.717) is 34.7 Å².